The van der Waals surface area contributed by atoms with Crippen LogP contribution in [0.4, 0.5) is 10.8 Å². The van der Waals surface area contributed by atoms with Gasteiger partial charge in [-0.1, -0.05) is 35.1 Å². The second kappa shape index (κ2) is 10.8. The quantitative estimate of drug-likeness (QED) is 0.143. The van der Waals surface area contributed by atoms with Gasteiger partial charge >= 0.3 is 0 Å². The summed E-state index contributed by atoms with van der Waals surface area (Å²) in [7, 11) is 0. The van der Waals surface area contributed by atoms with E-state index in [2.05, 4.69) is 15.5 Å². The Balaban J connectivity index is 1.48. The molecule has 0 aliphatic carbocycles. The zero-order valence-electron chi connectivity index (χ0n) is 18.7. The first-order chi connectivity index (χ1) is 17.3. The van der Waals surface area contributed by atoms with E-state index >= 15 is 0 Å². The number of carbonyl (C=O) groups excluding carboxylic acids is 1. The van der Waals surface area contributed by atoms with Crippen molar-refractivity contribution in [1.29, 1.82) is 5.26 Å². The number of nitro benzene ring substituents is 1. The van der Waals surface area contributed by atoms with Crippen molar-refractivity contribution in [1.82, 2.24) is 14.8 Å². The standard InChI is InChI=1S/C24H17ClN6O4S/c1-15-4-2-6-19(10-15)35-14-22-28-29-24(36-22)27-23(32)16(13-26)11-17-5-3-9-30(17)18-7-8-20(25)21(12-18)31(33)34/h2-12H,14H2,1H3,(H,27,29,32). The third-order valence-electron chi connectivity index (χ3n) is 4.88. The number of hydrogen-bond acceptors (Lipinski definition) is 8. The van der Waals surface area contributed by atoms with Crippen molar-refractivity contribution in [2.45, 2.75) is 13.5 Å². The number of ether oxygens (including phenoxy) is 1. The normalized spacial score (nSPS) is 11.1. The highest BCUT2D eigenvalue weighted by Crippen LogP contribution is 2.28. The lowest BCUT2D eigenvalue weighted by Gasteiger charge is -2.08. The number of amides is 1. The van der Waals surface area contributed by atoms with Gasteiger partial charge in [-0.15, -0.1) is 10.2 Å². The summed E-state index contributed by atoms with van der Waals surface area (Å²) in [5.41, 5.74) is 1.53. The number of aromatic nitrogens is 3. The summed E-state index contributed by atoms with van der Waals surface area (Å²) in [6.45, 7) is 2.14. The Hall–Kier alpha value is -4.53. The predicted molar refractivity (Wildman–Crippen MR) is 135 cm³/mol. The first kappa shape index (κ1) is 24.6. The van der Waals surface area contributed by atoms with Crippen molar-refractivity contribution in [2.24, 2.45) is 0 Å². The molecule has 0 aliphatic heterocycles. The van der Waals surface area contributed by atoms with Gasteiger partial charge < -0.3 is 9.30 Å². The Morgan fingerprint density at radius 3 is 2.86 bits per heavy atom. The van der Waals surface area contributed by atoms with Gasteiger partial charge in [-0.2, -0.15) is 5.26 Å². The number of benzene rings is 2. The molecule has 0 atom stereocenters. The molecule has 0 radical (unpaired) electrons. The molecule has 10 nitrogen and oxygen atoms in total. The minimum absolute atomic E-state index is 0.00537. The van der Waals surface area contributed by atoms with Crippen LogP contribution in [0, 0.1) is 28.4 Å². The number of aryl methyl sites for hydroxylation is 1. The molecular weight excluding hydrogens is 504 g/mol. The highest BCUT2D eigenvalue weighted by Gasteiger charge is 2.17. The van der Waals surface area contributed by atoms with Gasteiger partial charge in [-0.25, -0.2) is 0 Å². The maximum absolute atomic E-state index is 12.7. The molecule has 0 fully saturated rings. The largest absolute Gasteiger partial charge is 0.486 e. The SMILES string of the molecule is Cc1cccc(OCc2nnc(NC(=O)C(C#N)=Cc3cccn3-c3ccc(Cl)c([N+](=O)[O-])c3)s2)c1. The molecule has 2 heterocycles. The number of anilines is 1. The van der Waals surface area contributed by atoms with Gasteiger partial charge in [0.05, 0.1) is 10.6 Å². The number of carbonyl (C=O) groups is 1. The van der Waals surface area contributed by atoms with E-state index in [1.165, 1.54) is 18.2 Å². The van der Waals surface area contributed by atoms with E-state index in [1.807, 2.05) is 37.3 Å². The number of halogens is 1. The van der Waals surface area contributed by atoms with Crippen LogP contribution in [-0.4, -0.2) is 25.6 Å². The molecule has 1 N–H and O–H groups in total. The van der Waals surface area contributed by atoms with Gasteiger partial charge in [-0.3, -0.25) is 20.2 Å². The van der Waals surface area contributed by atoms with Crippen molar-refractivity contribution in [2.75, 3.05) is 5.32 Å². The second-order valence-electron chi connectivity index (χ2n) is 7.43. The van der Waals surface area contributed by atoms with E-state index in [-0.39, 0.29) is 28.0 Å². The van der Waals surface area contributed by atoms with Gasteiger partial charge in [0.25, 0.3) is 11.6 Å². The smallest absolute Gasteiger partial charge is 0.289 e. The Morgan fingerprint density at radius 1 is 1.28 bits per heavy atom. The molecular formula is C24H17ClN6O4S. The van der Waals surface area contributed by atoms with Crippen LogP contribution < -0.4 is 10.1 Å². The molecule has 4 rings (SSSR count). The summed E-state index contributed by atoms with van der Waals surface area (Å²) < 4.78 is 7.29. The zero-order valence-corrected chi connectivity index (χ0v) is 20.3. The van der Waals surface area contributed by atoms with Crippen LogP contribution in [0.3, 0.4) is 0 Å². The van der Waals surface area contributed by atoms with E-state index < -0.39 is 10.8 Å². The van der Waals surface area contributed by atoms with Gasteiger partial charge in [0.15, 0.2) is 5.01 Å². The molecule has 36 heavy (non-hydrogen) atoms. The molecule has 0 saturated heterocycles. The lowest BCUT2D eigenvalue weighted by Crippen LogP contribution is -2.13. The topological polar surface area (TPSA) is 136 Å². The minimum Gasteiger partial charge on any atom is -0.486 e. The van der Waals surface area contributed by atoms with Crippen molar-refractivity contribution in [3.63, 3.8) is 0 Å². The number of hydrogen-bond donors (Lipinski definition) is 1. The summed E-state index contributed by atoms with van der Waals surface area (Å²) in [6, 6.07) is 17.1. The lowest BCUT2D eigenvalue weighted by atomic mass is 10.2. The van der Waals surface area contributed by atoms with Gasteiger partial charge in [0.1, 0.15) is 29.0 Å². The fourth-order valence-electron chi connectivity index (χ4n) is 3.21. The van der Waals surface area contributed by atoms with Gasteiger partial charge in [-0.05, 0) is 55.0 Å². The molecule has 0 aliphatic rings. The Bertz CT molecular complexity index is 1520. The van der Waals surface area contributed by atoms with E-state index in [4.69, 9.17) is 16.3 Å². The fourth-order valence-corrected chi connectivity index (χ4v) is 4.05. The average Bonchev–Trinajstić information content (AvgIpc) is 3.50. The zero-order chi connectivity index (χ0) is 25.7. The van der Waals surface area contributed by atoms with Crippen molar-refractivity contribution in [3.05, 3.63) is 97.8 Å². The van der Waals surface area contributed by atoms with E-state index in [1.54, 1.807) is 29.0 Å². The van der Waals surface area contributed by atoms with Crippen molar-refractivity contribution < 1.29 is 14.5 Å². The van der Waals surface area contributed by atoms with Gasteiger partial charge in [0, 0.05) is 18.0 Å². The van der Waals surface area contributed by atoms with Crippen LogP contribution in [0.2, 0.25) is 5.02 Å². The summed E-state index contributed by atoms with van der Waals surface area (Å²) in [4.78, 5) is 23.4. The highest BCUT2D eigenvalue weighted by molar-refractivity contribution is 7.15. The molecule has 180 valence electrons. The molecule has 0 unspecified atom stereocenters. The third-order valence-corrected chi connectivity index (χ3v) is 6.01. The average molecular weight is 521 g/mol. The fraction of sp³-hybridized carbons (Fsp3) is 0.0833. The maximum atomic E-state index is 12.7. The Labute approximate surface area is 214 Å². The van der Waals surface area contributed by atoms with Crippen LogP contribution in [0.1, 0.15) is 16.3 Å². The summed E-state index contributed by atoms with van der Waals surface area (Å²) >= 11 is 7.03. The van der Waals surface area contributed by atoms with Crippen LogP contribution in [-0.2, 0) is 11.4 Å². The summed E-state index contributed by atoms with van der Waals surface area (Å²) in [6.07, 6.45) is 3.02. The predicted octanol–water partition coefficient (Wildman–Crippen LogP) is 5.32. The molecule has 1 amide bonds. The first-order valence-corrected chi connectivity index (χ1v) is 11.6. The van der Waals surface area contributed by atoms with Crippen LogP contribution in [0.25, 0.3) is 11.8 Å². The number of nitrogens with zero attached hydrogens (tertiary/aromatic N) is 5. The third kappa shape index (κ3) is 5.75. The Morgan fingerprint density at radius 2 is 2.11 bits per heavy atom. The molecule has 4 aromatic rings. The first-order valence-electron chi connectivity index (χ1n) is 10.4. The van der Waals surface area contributed by atoms with Crippen LogP contribution in [0.5, 0.6) is 5.75 Å². The molecule has 2 aromatic heterocycles. The molecule has 2 aromatic carbocycles. The summed E-state index contributed by atoms with van der Waals surface area (Å²) in [5, 5.41) is 32.1. The molecule has 0 spiro atoms. The minimum atomic E-state index is -0.672. The number of nitriles is 1. The summed E-state index contributed by atoms with van der Waals surface area (Å²) in [5.74, 6) is 0.0224. The highest BCUT2D eigenvalue weighted by atomic mass is 35.5. The number of nitrogens with one attached hydrogen (secondary N) is 1. The maximum Gasteiger partial charge on any atom is 0.289 e. The second-order valence-corrected chi connectivity index (χ2v) is 8.90. The Kier molecular flexibility index (Phi) is 7.39. The van der Waals surface area contributed by atoms with E-state index in [9.17, 15) is 20.2 Å². The number of rotatable bonds is 8. The molecule has 12 heteroatoms. The van der Waals surface area contributed by atoms with E-state index in [0.29, 0.717) is 22.1 Å². The lowest BCUT2D eigenvalue weighted by molar-refractivity contribution is -0.384. The molecule has 0 saturated carbocycles. The van der Waals surface area contributed by atoms with Crippen molar-refractivity contribution >= 4 is 45.7 Å². The van der Waals surface area contributed by atoms with E-state index in [0.717, 1.165) is 16.9 Å². The van der Waals surface area contributed by atoms with Gasteiger partial charge in [0.2, 0.25) is 5.13 Å². The van der Waals surface area contributed by atoms with Crippen LogP contribution >= 0.6 is 22.9 Å². The van der Waals surface area contributed by atoms with Crippen molar-refractivity contribution in [3.8, 4) is 17.5 Å². The number of nitro groups is 1. The van der Waals surface area contributed by atoms with Crippen LogP contribution in [0.15, 0.2) is 66.4 Å². The monoisotopic (exact) mass is 520 g/mol. The molecule has 0 bridgehead atoms.